The number of nitrogens with two attached hydrogens (primary N) is 1. The van der Waals surface area contributed by atoms with E-state index in [4.69, 9.17) is 5.73 Å². The van der Waals surface area contributed by atoms with E-state index in [0.29, 0.717) is 30.2 Å². The Labute approximate surface area is 257 Å². The molecule has 6 rings (SSSR count). The van der Waals surface area contributed by atoms with E-state index in [2.05, 4.69) is 30.9 Å². The summed E-state index contributed by atoms with van der Waals surface area (Å²) in [6.45, 7) is 7.54. The molecule has 4 aliphatic rings. The van der Waals surface area contributed by atoms with Crippen LogP contribution < -0.4 is 5.73 Å². The largest absolute Gasteiger partial charge is 0.511 e. The molecule has 1 aliphatic heterocycles. The molecule has 9 heteroatoms. The minimum Gasteiger partial charge on any atom is -0.511 e. The summed E-state index contributed by atoms with van der Waals surface area (Å²) in [6.07, 6.45) is 1.92. The molecule has 2 aromatic carbocycles. The number of rotatable bonds is 5. The second kappa shape index (κ2) is 11.2. The molecule has 5 unspecified atom stereocenters. The number of hydrogen-bond acceptors (Lipinski definition) is 8. The lowest BCUT2D eigenvalue weighted by molar-refractivity contribution is -0.127. The number of likely N-dealkylation sites (N-methyl/N-ethyl adjacent to an activating group) is 1. The fraction of sp³-hybridized carbons (Fsp3) is 0.457. The van der Waals surface area contributed by atoms with Crippen molar-refractivity contribution in [2.24, 2.45) is 35.3 Å². The number of Topliss-reactive ketones (excluding diaryl/α,β-unsaturated/α-hetero) is 2. The van der Waals surface area contributed by atoms with Crippen molar-refractivity contribution in [2.75, 3.05) is 27.2 Å². The average Bonchev–Trinajstić information content (AvgIpc) is 2.92. The van der Waals surface area contributed by atoms with Gasteiger partial charge >= 0.3 is 0 Å². The Kier molecular flexibility index (Phi) is 7.66. The van der Waals surface area contributed by atoms with Crippen LogP contribution in [0.1, 0.15) is 48.2 Å². The first kappa shape index (κ1) is 30.1. The molecule has 6 atom stereocenters. The maximum Gasteiger partial charge on any atom is 0.255 e. The number of likely N-dealkylation sites (tertiary alicyclic amines) is 1. The number of nitrogens with zero attached hydrogens (tertiary/aromatic N) is 2. The minimum atomic E-state index is -1.19. The van der Waals surface area contributed by atoms with Crippen LogP contribution in [-0.4, -0.2) is 75.8 Å². The third-order valence-corrected chi connectivity index (χ3v) is 10.0. The maximum atomic E-state index is 14.1. The normalized spacial score (nSPS) is 29.0. The number of ketones is 2. The zero-order valence-corrected chi connectivity index (χ0v) is 25.7. The average molecular weight is 600 g/mol. The van der Waals surface area contributed by atoms with E-state index in [1.165, 1.54) is 18.1 Å². The summed E-state index contributed by atoms with van der Waals surface area (Å²) in [6, 6.07) is 10.9. The van der Waals surface area contributed by atoms with Gasteiger partial charge in [-0.05, 0) is 91.4 Å². The lowest BCUT2D eigenvalue weighted by Crippen LogP contribution is -2.53. The molecule has 3 aliphatic carbocycles. The number of amides is 1. The van der Waals surface area contributed by atoms with E-state index in [9.17, 15) is 29.7 Å². The van der Waals surface area contributed by atoms with Crippen LogP contribution in [0.4, 0.5) is 0 Å². The zero-order valence-electron chi connectivity index (χ0n) is 25.7. The van der Waals surface area contributed by atoms with Crippen molar-refractivity contribution in [1.82, 2.24) is 9.80 Å². The van der Waals surface area contributed by atoms with Gasteiger partial charge in [-0.2, -0.15) is 0 Å². The van der Waals surface area contributed by atoms with E-state index in [-0.39, 0.29) is 16.9 Å². The summed E-state index contributed by atoms with van der Waals surface area (Å²) >= 11 is 0. The number of allylic oxidation sites excluding steroid dienone is 2. The van der Waals surface area contributed by atoms with Crippen molar-refractivity contribution >= 4 is 17.5 Å². The number of phenolic OH excluding ortho intramolecular Hbond substituents is 1. The molecule has 0 saturated carbocycles. The Balaban J connectivity index is 1.40. The highest BCUT2D eigenvalue weighted by Crippen LogP contribution is 2.51. The number of aliphatic hydroxyl groups excluding tert-OH is 2. The second-order valence-electron chi connectivity index (χ2n) is 13.6. The van der Waals surface area contributed by atoms with Crippen molar-refractivity contribution in [3.05, 3.63) is 75.8 Å². The minimum absolute atomic E-state index is 0.0874. The predicted molar refractivity (Wildman–Crippen MR) is 166 cm³/mol. The number of phenols is 1. The van der Waals surface area contributed by atoms with Gasteiger partial charge in [-0.3, -0.25) is 24.2 Å². The van der Waals surface area contributed by atoms with Crippen molar-refractivity contribution in [3.8, 4) is 16.9 Å². The molecule has 5 N–H and O–H groups in total. The van der Waals surface area contributed by atoms with Crippen molar-refractivity contribution in [3.63, 3.8) is 0 Å². The first-order valence-electron chi connectivity index (χ1n) is 15.4. The fourth-order valence-electron chi connectivity index (χ4n) is 8.56. The number of carbonyl (C=O) groups is 3. The molecule has 0 aromatic heterocycles. The number of carbonyl (C=O) groups excluding carboxylic acids is 3. The molecule has 2 aromatic rings. The van der Waals surface area contributed by atoms with Crippen molar-refractivity contribution in [2.45, 2.75) is 45.7 Å². The molecule has 0 radical (unpaired) electrons. The topological polar surface area (TPSA) is 144 Å². The predicted octanol–water partition coefficient (Wildman–Crippen LogP) is 4.15. The third kappa shape index (κ3) is 4.92. The maximum absolute atomic E-state index is 14.1. The molecule has 44 heavy (non-hydrogen) atoms. The Bertz CT molecular complexity index is 1610. The van der Waals surface area contributed by atoms with Crippen LogP contribution in [0.2, 0.25) is 0 Å². The van der Waals surface area contributed by atoms with Crippen LogP contribution in [0.3, 0.4) is 0 Å². The summed E-state index contributed by atoms with van der Waals surface area (Å²) in [5.41, 5.74) is 8.81. The third-order valence-electron chi connectivity index (χ3n) is 10.0. The number of benzene rings is 2. The number of fused-ring (bicyclic) bond motifs is 3. The van der Waals surface area contributed by atoms with Crippen LogP contribution in [0.25, 0.3) is 11.1 Å². The molecular formula is C35H41N3O6. The summed E-state index contributed by atoms with van der Waals surface area (Å²) in [5.74, 6) is -4.29. The van der Waals surface area contributed by atoms with Gasteiger partial charge in [0.25, 0.3) is 5.91 Å². The number of piperidine rings is 1. The van der Waals surface area contributed by atoms with Crippen LogP contribution >= 0.6 is 0 Å². The first-order valence-corrected chi connectivity index (χ1v) is 15.4. The van der Waals surface area contributed by atoms with E-state index in [1.807, 2.05) is 18.2 Å². The first-order chi connectivity index (χ1) is 20.9. The monoisotopic (exact) mass is 599 g/mol. The Morgan fingerprint density at radius 1 is 1.00 bits per heavy atom. The van der Waals surface area contributed by atoms with Gasteiger partial charge in [-0.15, -0.1) is 0 Å². The highest BCUT2D eigenvalue weighted by atomic mass is 16.3. The van der Waals surface area contributed by atoms with Crippen LogP contribution in [0.15, 0.2) is 59.1 Å². The number of hydrogen-bond donors (Lipinski definition) is 4. The highest BCUT2D eigenvalue weighted by Gasteiger charge is 2.54. The molecule has 1 heterocycles. The van der Waals surface area contributed by atoms with Gasteiger partial charge in [0.15, 0.2) is 11.6 Å². The number of aliphatic hydroxyl groups is 2. The zero-order chi connectivity index (χ0) is 31.6. The molecule has 232 valence electrons. The molecular weight excluding hydrogens is 558 g/mol. The van der Waals surface area contributed by atoms with Gasteiger partial charge in [0.05, 0.1) is 17.5 Å². The van der Waals surface area contributed by atoms with Crippen molar-refractivity contribution in [1.29, 1.82) is 0 Å². The van der Waals surface area contributed by atoms with E-state index < -0.39 is 58.4 Å². The smallest absolute Gasteiger partial charge is 0.255 e. The van der Waals surface area contributed by atoms with E-state index in [1.54, 1.807) is 19.0 Å². The van der Waals surface area contributed by atoms with Crippen LogP contribution in [0, 0.1) is 29.6 Å². The Morgan fingerprint density at radius 2 is 1.70 bits per heavy atom. The van der Waals surface area contributed by atoms with Crippen LogP contribution in [0.5, 0.6) is 5.75 Å². The molecule has 0 bridgehead atoms. The quantitative estimate of drug-likeness (QED) is 0.375. The molecule has 1 fully saturated rings. The van der Waals surface area contributed by atoms with Crippen molar-refractivity contribution < 1.29 is 29.7 Å². The fourth-order valence-corrected chi connectivity index (χ4v) is 8.56. The number of aromatic hydroxyl groups is 1. The lowest BCUT2D eigenvalue weighted by atomic mass is 9.60. The highest BCUT2D eigenvalue weighted by molar-refractivity contribution is 6.22. The van der Waals surface area contributed by atoms with Gasteiger partial charge in [0.2, 0.25) is 0 Å². The second-order valence-corrected chi connectivity index (χ2v) is 13.6. The summed E-state index contributed by atoms with van der Waals surface area (Å²) in [4.78, 5) is 43.9. The van der Waals surface area contributed by atoms with Crippen LogP contribution in [-0.2, 0) is 22.6 Å². The summed E-state index contributed by atoms with van der Waals surface area (Å²) < 4.78 is 0. The molecule has 9 nitrogen and oxygen atoms in total. The van der Waals surface area contributed by atoms with Gasteiger partial charge in [0.1, 0.15) is 22.8 Å². The van der Waals surface area contributed by atoms with Gasteiger partial charge < -0.3 is 21.1 Å². The van der Waals surface area contributed by atoms with Gasteiger partial charge in [0, 0.05) is 25.2 Å². The molecule has 0 spiro atoms. The standard InChI is InChI=1S/C35H41N3O6/c1-17-10-18(2)15-38(14-17)16-19-6-5-7-20(11-19)22-8-9-25(39)27-23(22)12-21-13-24-28(32(41)26(21)31(27)40)33(42)29(35(36)44)34(43)30(24)37(3)4/h5-9,11,17-18,21,24,28,30,39,41,43H,10,12-16H2,1-4H3,(H2,36,44)/t17?,18?,21?,24?,28?,30-/m0/s1. The Hall–Kier alpha value is -3.95. The Morgan fingerprint density at radius 3 is 2.36 bits per heavy atom. The van der Waals surface area contributed by atoms with E-state index in [0.717, 1.165) is 30.8 Å². The number of primary amides is 1. The van der Waals surface area contributed by atoms with E-state index >= 15 is 0 Å². The summed E-state index contributed by atoms with van der Waals surface area (Å²) in [5, 5.41) is 33.5. The van der Waals surface area contributed by atoms with Gasteiger partial charge in [-0.25, -0.2) is 0 Å². The lowest BCUT2D eigenvalue weighted by Gasteiger charge is -2.46. The summed E-state index contributed by atoms with van der Waals surface area (Å²) in [7, 11) is 3.44. The molecule has 1 amide bonds. The SMILES string of the molecule is CC1CC(C)CN(Cc2cccc(-c3ccc(O)c4c3CC3CC5C(C(=O)C(C(N)=O)=C(O)[C@H]5N(C)C)C(O)=C3C4=O)c2)C1. The molecule has 1 saturated heterocycles. The van der Waals surface area contributed by atoms with Gasteiger partial charge in [-0.1, -0.05) is 38.1 Å².